The predicted octanol–water partition coefficient (Wildman–Crippen LogP) is 3.48. The van der Waals surface area contributed by atoms with Gasteiger partial charge in [-0.3, -0.25) is 4.79 Å². The molecule has 1 atom stereocenters. The van der Waals surface area contributed by atoms with Crippen molar-refractivity contribution in [3.63, 3.8) is 0 Å². The summed E-state index contributed by atoms with van der Waals surface area (Å²) in [6.07, 6.45) is 2.10. The van der Waals surface area contributed by atoms with E-state index in [1.807, 2.05) is 31.2 Å². The molecule has 160 valence electrons. The second kappa shape index (κ2) is 9.80. The maximum Gasteiger partial charge on any atom is 0.254 e. The molecule has 2 aromatic rings. The molecular formula is C23H27NO5S. The van der Waals surface area contributed by atoms with Crippen LogP contribution in [0.25, 0.3) is 0 Å². The van der Waals surface area contributed by atoms with Crippen LogP contribution in [0.4, 0.5) is 0 Å². The Morgan fingerprint density at radius 3 is 2.30 bits per heavy atom. The van der Waals surface area contributed by atoms with Crippen LogP contribution >= 0.6 is 0 Å². The number of ether oxygens (including phenoxy) is 2. The van der Waals surface area contributed by atoms with Crippen LogP contribution < -0.4 is 9.47 Å². The van der Waals surface area contributed by atoms with Crippen molar-refractivity contribution in [3.05, 3.63) is 72.3 Å². The van der Waals surface area contributed by atoms with E-state index in [1.54, 1.807) is 35.2 Å². The number of hydrogen-bond donors (Lipinski definition) is 0. The van der Waals surface area contributed by atoms with Crippen molar-refractivity contribution in [1.29, 1.82) is 0 Å². The van der Waals surface area contributed by atoms with Crippen LogP contribution in [-0.4, -0.2) is 50.0 Å². The number of sulfone groups is 1. The SMILES string of the molecule is C=CCOc1ccc(C(=O)N(Cc2ccc(OCC)cc2)C2CCS(=O)(=O)C2)cc1. The first-order valence-electron chi connectivity index (χ1n) is 9.98. The fraction of sp³-hybridized carbons (Fsp3) is 0.348. The molecule has 0 bridgehead atoms. The molecule has 0 N–H and O–H groups in total. The third-order valence-electron chi connectivity index (χ3n) is 4.97. The molecule has 1 unspecified atom stereocenters. The summed E-state index contributed by atoms with van der Waals surface area (Å²) >= 11 is 0. The van der Waals surface area contributed by atoms with E-state index in [9.17, 15) is 13.2 Å². The third-order valence-corrected chi connectivity index (χ3v) is 6.72. The highest BCUT2D eigenvalue weighted by atomic mass is 32.2. The fourth-order valence-corrected chi connectivity index (χ4v) is 5.19. The lowest BCUT2D eigenvalue weighted by molar-refractivity contribution is 0.0681. The zero-order valence-electron chi connectivity index (χ0n) is 17.1. The molecule has 1 aliphatic heterocycles. The number of nitrogens with zero attached hydrogens (tertiary/aromatic N) is 1. The summed E-state index contributed by atoms with van der Waals surface area (Å²) in [5.74, 6) is 1.32. The molecule has 0 spiro atoms. The molecule has 1 heterocycles. The predicted molar refractivity (Wildman–Crippen MR) is 117 cm³/mol. The Hall–Kier alpha value is -2.80. The van der Waals surface area contributed by atoms with Gasteiger partial charge in [-0.15, -0.1) is 0 Å². The first-order chi connectivity index (χ1) is 14.4. The van der Waals surface area contributed by atoms with Crippen LogP contribution in [0.3, 0.4) is 0 Å². The average molecular weight is 430 g/mol. The van der Waals surface area contributed by atoms with Crippen molar-refractivity contribution in [2.75, 3.05) is 24.7 Å². The van der Waals surface area contributed by atoms with Gasteiger partial charge in [0.2, 0.25) is 0 Å². The number of benzene rings is 2. The first-order valence-corrected chi connectivity index (χ1v) is 11.8. The minimum absolute atomic E-state index is 0.00367. The minimum Gasteiger partial charge on any atom is -0.494 e. The second-order valence-corrected chi connectivity index (χ2v) is 9.42. The molecule has 1 amide bonds. The molecule has 0 aromatic heterocycles. The second-order valence-electron chi connectivity index (χ2n) is 7.19. The normalized spacial score (nSPS) is 17.3. The van der Waals surface area contributed by atoms with Gasteiger partial charge in [-0.2, -0.15) is 0 Å². The largest absolute Gasteiger partial charge is 0.494 e. The number of carbonyl (C=O) groups excluding carboxylic acids is 1. The maximum absolute atomic E-state index is 13.3. The van der Waals surface area contributed by atoms with Gasteiger partial charge in [-0.25, -0.2) is 8.42 Å². The summed E-state index contributed by atoms with van der Waals surface area (Å²) in [6, 6.07) is 14.1. The summed E-state index contributed by atoms with van der Waals surface area (Å²) < 4.78 is 35.0. The molecular weight excluding hydrogens is 402 g/mol. The molecule has 3 rings (SSSR count). The summed E-state index contributed by atoms with van der Waals surface area (Å²) in [5, 5.41) is 0. The average Bonchev–Trinajstić information content (AvgIpc) is 3.11. The lowest BCUT2D eigenvalue weighted by atomic mass is 10.1. The summed E-state index contributed by atoms with van der Waals surface area (Å²) in [4.78, 5) is 15.0. The lowest BCUT2D eigenvalue weighted by Crippen LogP contribution is -2.40. The van der Waals surface area contributed by atoms with E-state index in [-0.39, 0.29) is 23.5 Å². The van der Waals surface area contributed by atoms with E-state index in [4.69, 9.17) is 9.47 Å². The van der Waals surface area contributed by atoms with Gasteiger partial charge >= 0.3 is 0 Å². The van der Waals surface area contributed by atoms with Crippen molar-refractivity contribution < 1.29 is 22.7 Å². The molecule has 0 radical (unpaired) electrons. The molecule has 1 saturated heterocycles. The highest BCUT2D eigenvalue weighted by Crippen LogP contribution is 2.24. The van der Waals surface area contributed by atoms with Crippen LogP contribution in [0.2, 0.25) is 0 Å². The van der Waals surface area contributed by atoms with E-state index in [1.165, 1.54) is 0 Å². The van der Waals surface area contributed by atoms with Crippen LogP contribution in [0.1, 0.15) is 29.3 Å². The monoisotopic (exact) mass is 429 g/mol. The Balaban J connectivity index is 1.81. The zero-order valence-corrected chi connectivity index (χ0v) is 17.9. The summed E-state index contributed by atoms with van der Waals surface area (Å²) in [7, 11) is -3.12. The van der Waals surface area contributed by atoms with Gasteiger partial charge in [-0.05, 0) is 55.3 Å². The van der Waals surface area contributed by atoms with Crippen molar-refractivity contribution in [3.8, 4) is 11.5 Å². The van der Waals surface area contributed by atoms with Gasteiger partial charge in [0.15, 0.2) is 9.84 Å². The van der Waals surface area contributed by atoms with Crippen molar-refractivity contribution >= 4 is 15.7 Å². The van der Waals surface area contributed by atoms with E-state index in [0.717, 1.165) is 11.3 Å². The molecule has 0 aliphatic carbocycles. The Kier molecular flexibility index (Phi) is 7.15. The molecule has 6 nitrogen and oxygen atoms in total. The summed E-state index contributed by atoms with van der Waals surface area (Å²) in [5.41, 5.74) is 1.42. The Morgan fingerprint density at radius 1 is 1.10 bits per heavy atom. The Morgan fingerprint density at radius 2 is 1.73 bits per heavy atom. The van der Waals surface area contributed by atoms with E-state index >= 15 is 0 Å². The van der Waals surface area contributed by atoms with Gasteiger partial charge in [0.25, 0.3) is 5.91 Å². The molecule has 7 heteroatoms. The number of amides is 1. The van der Waals surface area contributed by atoms with Crippen LogP contribution in [0.15, 0.2) is 61.2 Å². The number of hydrogen-bond acceptors (Lipinski definition) is 5. The highest BCUT2D eigenvalue weighted by Gasteiger charge is 2.35. The smallest absolute Gasteiger partial charge is 0.254 e. The maximum atomic E-state index is 13.3. The topological polar surface area (TPSA) is 72.9 Å². The van der Waals surface area contributed by atoms with Gasteiger partial charge in [-0.1, -0.05) is 24.8 Å². The lowest BCUT2D eigenvalue weighted by Gasteiger charge is -2.28. The quantitative estimate of drug-likeness (QED) is 0.571. The minimum atomic E-state index is -3.12. The van der Waals surface area contributed by atoms with Crippen LogP contribution in [0, 0.1) is 0 Å². The van der Waals surface area contributed by atoms with Gasteiger partial charge < -0.3 is 14.4 Å². The summed E-state index contributed by atoms with van der Waals surface area (Å²) in [6.45, 7) is 6.83. The van der Waals surface area contributed by atoms with E-state index in [0.29, 0.717) is 37.5 Å². The standard InChI is InChI=1S/C23H27NO5S/c1-3-14-29-22-11-7-19(8-12-22)23(25)24(20-13-15-30(26,27)17-20)16-18-5-9-21(10-6-18)28-4-2/h3,5-12,20H,1,4,13-17H2,2H3. The Labute approximate surface area is 178 Å². The van der Waals surface area contributed by atoms with Gasteiger partial charge in [0.05, 0.1) is 18.1 Å². The van der Waals surface area contributed by atoms with Crippen LogP contribution in [0.5, 0.6) is 11.5 Å². The zero-order chi connectivity index (χ0) is 21.6. The number of rotatable bonds is 9. The molecule has 2 aromatic carbocycles. The molecule has 0 saturated carbocycles. The van der Waals surface area contributed by atoms with Gasteiger partial charge in [0.1, 0.15) is 18.1 Å². The van der Waals surface area contributed by atoms with Crippen LogP contribution in [-0.2, 0) is 16.4 Å². The van der Waals surface area contributed by atoms with Crippen molar-refractivity contribution in [1.82, 2.24) is 4.90 Å². The van der Waals surface area contributed by atoms with Crippen molar-refractivity contribution in [2.24, 2.45) is 0 Å². The van der Waals surface area contributed by atoms with E-state index in [2.05, 4.69) is 6.58 Å². The molecule has 30 heavy (non-hydrogen) atoms. The molecule has 1 fully saturated rings. The third kappa shape index (κ3) is 5.63. The van der Waals surface area contributed by atoms with Crippen molar-refractivity contribution in [2.45, 2.75) is 25.9 Å². The highest BCUT2D eigenvalue weighted by molar-refractivity contribution is 7.91. The number of carbonyl (C=O) groups is 1. The molecule has 1 aliphatic rings. The van der Waals surface area contributed by atoms with Gasteiger partial charge in [0, 0.05) is 18.2 Å². The van der Waals surface area contributed by atoms with E-state index < -0.39 is 9.84 Å². The Bertz CT molecular complexity index is 968. The first kappa shape index (κ1) is 21.9. The fourth-order valence-electron chi connectivity index (χ4n) is 3.46.